The Labute approximate surface area is 111 Å². The minimum absolute atomic E-state index is 0.0665. The minimum atomic E-state index is -4.85. The lowest BCUT2D eigenvalue weighted by molar-refractivity contribution is -0.156. The molecule has 0 amide bonds. The molecule has 8 heteroatoms. The van der Waals surface area contributed by atoms with Gasteiger partial charge in [0.2, 0.25) is 0 Å². The summed E-state index contributed by atoms with van der Waals surface area (Å²) in [7, 11) is 0. The Bertz CT molecular complexity index is 608. The number of esters is 1. The summed E-state index contributed by atoms with van der Waals surface area (Å²) in [6.45, 7) is 1.42. The normalized spacial score (nSPS) is 11.4. The van der Waals surface area contributed by atoms with Crippen molar-refractivity contribution in [2.45, 2.75) is 13.1 Å². The van der Waals surface area contributed by atoms with E-state index >= 15 is 0 Å². The molecule has 2 heterocycles. The molecule has 0 unspecified atom stereocenters. The van der Waals surface area contributed by atoms with Crippen molar-refractivity contribution in [3.05, 3.63) is 35.7 Å². The van der Waals surface area contributed by atoms with Crippen molar-refractivity contribution in [1.29, 1.82) is 0 Å². The lowest BCUT2D eigenvalue weighted by Crippen LogP contribution is -2.14. The standard InChI is InChI=1S/C12H9F3N2O3/c1-2-19-11(18)8-9(7-5-3-4-6-16-7)17-20-10(8)12(13,14)15/h3-6H,2H2,1H3. The van der Waals surface area contributed by atoms with E-state index in [1.807, 2.05) is 0 Å². The Kier molecular flexibility index (Phi) is 3.73. The maximum Gasteiger partial charge on any atom is 0.453 e. The second kappa shape index (κ2) is 5.32. The molecule has 2 aromatic heterocycles. The van der Waals surface area contributed by atoms with Crippen LogP contribution in [0.4, 0.5) is 13.2 Å². The molecule has 0 aliphatic rings. The molecule has 0 aromatic carbocycles. The lowest BCUT2D eigenvalue weighted by atomic mass is 10.1. The summed E-state index contributed by atoms with van der Waals surface area (Å²) in [5, 5.41) is 3.30. The number of carbonyl (C=O) groups excluding carboxylic acids is 1. The van der Waals surface area contributed by atoms with Gasteiger partial charge < -0.3 is 9.26 Å². The summed E-state index contributed by atoms with van der Waals surface area (Å²) in [6, 6.07) is 4.55. The van der Waals surface area contributed by atoms with E-state index in [4.69, 9.17) is 0 Å². The van der Waals surface area contributed by atoms with Crippen LogP contribution < -0.4 is 0 Å². The average Bonchev–Trinajstić information content (AvgIpc) is 2.84. The van der Waals surface area contributed by atoms with Crippen molar-refractivity contribution >= 4 is 5.97 Å². The molecule has 5 nitrogen and oxygen atoms in total. The molecule has 20 heavy (non-hydrogen) atoms. The van der Waals surface area contributed by atoms with Gasteiger partial charge in [0, 0.05) is 6.20 Å². The van der Waals surface area contributed by atoms with Gasteiger partial charge in [0.25, 0.3) is 5.76 Å². The van der Waals surface area contributed by atoms with Gasteiger partial charge in [-0.15, -0.1) is 0 Å². The minimum Gasteiger partial charge on any atom is -0.462 e. The first kappa shape index (κ1) is 14.0. The van der Waals surface area contributed by atoms with Crippen LogP contribution >= 0.6 is 0 Å². The van der Waals surface area contributed by atoms with Gasteiger partial charge in [0.15, 0.2) is 0 Å². The van der Waals surface area contributed by atoms with Crippen molar-refractivity contribution in [1.82, 2.24) is 10.1 Å². The molecule has 2 aromatic rings. The van der Waals surface area contributed by atoms with Gasteiger partial charge in [-0.1, -0.05) is 11.2 Å². The summed E-state index contributed by atoms with van der Waals surface area (Å²) < 4.78 is 47.3. The highest BCUT2D eigenvalue weighted by atomic mass is 19.4. The molecule has 0 fully saturated rings. The summed E-state index contributed by atoms with van der Waals surface area (Å²) >= 11 is 0. The molecule has 2 rings (SSSR count). The van der Waals surface area contributed by atoms with Crippen LogP contribution in [0.15, 0.2) is 28.9 Å². The molecule has 0 radical (unpaired) electrons. The van der Waals surface area contributed by atoms with E-state index < -0.39 is 23.5 Å². The molecule has 0 bridgehead atoms. The summed E-state index contributed by atoms with van der Waals surface area (Å²) in [6.07, 6.45) is -3.48. The van der Waals surface area contributed by atoms with Crippen molar-refractivity contribution in [2.75, 3.05) is 6.61 Å². The molecule has 0 aliphatic heterocycles. The highest BCUT2D eigenvalue weighted by molar-refractivity contribution is 5.96. The van der Waals surface area contributed by atoms with Gasteiger partial charge in [0.1, 0.15) is 11.3 Å². The van der Waals surface area contributed by atoms with Crippen LogP contribution in [0.2, 0.25) is 0 Å². The quantitative estimate of drug-likeness (QED) is 0.812. The Balaban J connectivity index is 2.59. The van der Waals surface area contributed by atoms with Gasteiger partial charge in [-0.05, 0) is 19.1 Å². The monoisotopic (exact) mass is 286 g/mol. The zero-order chi connectivity index (χ0) is 14.8. The number of rotatable bonds is 3. The van der Waals surface area contributed by atoms with Crippen LogP contribution in [-0.2, 0) is 10.9 Å². The smallest absolute Gasteiger partial charge is 0.453 e. The van der Waals surface area contributed by atoms with Gasteiger partial charge in [-0.2, -0.15) is 13.2 Å². The van der Waals surface area contributed by atoms with Crippen LogP contribution in [-0.4, -0.2) is 22.7 Å². The molecule has 0 aliphatic carbocycles. The van der Waals surface area contributed by atoms with E-state index in [-0.39, 0.29) is 18.0 Å². The SMILES string of the molecule is CCOC(=O)c1c(-c2ccccn2)noc1C(F)(F)F. The number of pyridine rings is 1. The summed E-state index contributed by atoms with van der Waals surface area (Å²) in [5.41, 5.74) is -0.968. The molecule has 0 saturated carbocycles. The number of hydrogen-bond acceptors (Lipinski definition) is 5. The number of nitrogens with zero attached hydrogens (tertiary/aromatic N) is 2. The van der Waals surface area contributed by atoms with Crippen LogP contribution in [0.3, 0.4) is 0 Å². The molecular weight excluding hydrogens is 277 g/mol. The fourth-order valence-electron chi connectivity index (χ4n) is 1.55. The predicted octanol–water partition coefficient (Wildman–Crippen LogP) is 2.93. The molecule has 0 atom stereocenters. The first-order valence-electron chi connectivity index (χ1n) is 5.60. The van der Waals surface area contributed by atoms with Crippen molar-refractivity contribution in [2.24, 2.45) is 0 Å². The van der Waals surface area contributed by atoms with E-state index in [9.17, 15) is 18.0 Å². The third kappa shape index (κ3) is 2.63. The average molecular weight is 286 g/mol. The number of carbonyl (C=O) groups is 1. The van der Waals surface area contributed by atoms with Crippen LogP contribution in [0.1, 0.15) is 23.0 Å². The third-order valence-electron chi connectivity index (χ3n) is 2.34. The Morgan fingerprint density at radius 1 is 1.40 bits per heavy atom. The fraction of sp³-hybridized carbons (Fsp3) is 0.250. The summed E-state index contributed by atoms with van der Waals surface area (Å²) in [4.78, 5) is 15.6. The fourth-order valence-corrected chi connectivity index (χ4v) is 1.55. The van der Waals surface area contributed by atoms with Crippen LogP contribution in [0, 0.1) is 0 Å². The number of halogens is 3. The highest BCUT2D eigenvalue weighted by Crippen LogP contribution is 2.36. The number of ether oxygens (including phenoxy) is 1. The van der Waals surface area contributed by atoms with Crippen LogP contribution in [0.5, 0.6) is 0 Å². The van der Waals surface area contributed by atoms with Crippen molar-refractivity contribution < 1.29 is 27.2 Å². The topological polar surface area (TPSA) is 65.2 Å². The highest BCUT2D eigenvalue weighted by Gasteiger charge is 2.43. The number of hydrogen-bond donors (Lipinski definition) is 0. The van der Waals surface area contributed by atoms with Gasteiger partial charge in [0.05, 0.1) is 12.3 Å². The van der Waals surface area contributed by atoms with Crippen molar-refractivity contribution in [3.8, 4) is 11.4 Å². The molecule has 106 valence electrons. The maximum atomic E-state index is 12.8. The Hall–Kier alpha value is -2.38. The molecular formula is C12H9F3N2O3. The second-order valence-electron chi connectivity index (χ2n) is 3.67. The van der Waals surface area contributed by atoms with E-state index in [0.29, 0.717) is 0 Å². The van der Waals surface area contributed by atoms with E-state index in [1.165, 1.54) is 19.2 Å². The number of alkyl halides is 3. The largest absolute Gasteiger partial charge is 0.462 e. The van der Waals surface area contributed by atoms with Crippen molar-refractivity contribution in [3.63, 3.8) is 0 Å². The first-order chi connectivity index (χ1) is 9.45. The van der Waals surface area contributed by atoms with Gasteiger partial charge >= 0.3 is 12.1 Å². The first-order valence-corrected chi connectivity index (χ1v) is 5.60. The summed E-state index contributed by atoms with van der Waals surface area (Å²) in [5.74, 6) is -2.64. The molecule has 0 spiro atoms. The zero-order valence-electron chi connectivity index (χ0n) is 10.3. The predicted molar refractivity (Wildman–Crippen MR) is 60.7 cm³/mol. The molecule has 0 N–H and O–H groups in total. The van der Waals surface area contributed by atoms with Crippen LogP contribution in [0.25, 0.3) is 11.4 Å². The Morgan fingerprint density at radius 2 is 2.15 bits per heavy atom. The third-order valence-corrected chi connectivity index (χ3v) is 2.34. The molecule has 0 saturated heterocycles. The zero-order valence-corrected chi connectivity index (χ0v) is 10.3. The van der Waals surface area contributed by atoms with Gasteiger partial charge in [-0.25, -0.2) is 4.79 Å². The van der Waals surface area contributed by atoms with E-state index in [1.54, 1.807) is 12.1 Å². The van der Waals surface area contributed by atoms with Gasteiger partial charge in [-0.3, -0.25) is 4.98 Å². The lowest BCUT2D eigenvalue weighted by Gasteiger charge is -2.05. The van der Waals surface area contributed by atoms with E-state index in [0.717, 1.165) is 0 Å². The maximum absolute atomic E-state index is 12.8. The number of aromatic nitrogens is 2. The Morgan fingerprint density at radius 3 is 2.70 bits per heavy atom. The van der Waals surface area contributed by atoms with E-state index in [2.05, 4.69) is 19.4 Å². The second-order valence-corrected chi connectivity index (χ2v) is 3.67.